The van der Waals surface area contributed by atoms with Crippen LogP contribution in [0.2, 0.25) is 0 Å². The highest BCUT2D eigenvalue weighted by Gasteiger charge is 2.13. The van der Waals surface area contributed by atoms with Crippen molar-refractivity contribution in [2.75, 3.05) is 5.43 Å². The number of nitrogens with one attached hydrogen (secondary N) is 2. The molecular weight excluding hydrogens is 352 g/mol. The van der Waals surface area contributed by atoms with Crippen LogP contribution < -0.4 is 10.9 Å². The number of aryl methyl sites for hydroxylation is 3. The molecule has 2 aromatic heterocycles. The first-order valence-electron chi connectivity index (χ1n) is 8.93. The summed E-state index contributed by atoms with van der Waals surface area (Å²) in [5.74, 6) is 0.258. The molecule has 2 heterocycles. The molecule has 0 unspecified atom stereocenters. The molecule has 140 valence electrons. The quantitative estimate of drug-likeness (QED) is 0.536. The number of amides is 1. The van der Waals surface area contributed by atoms with Gasteiger partial charge in [-0.25, -0.2) is 14.6 Å². The van der Waals surface area contributed by atoms with Gasteiger partial charge >= 0.3 is 0 Å². The van der Waals surface area contributed by atoms with Crippen molar-refractivity contribution in [3.8, 4) is 5.69 Å². The van der Waals surface area contributed by atoms with E-state index in [0.717, 1.165) is 11.3 Å². The molecule has 7 nitrogen and oxygen atoms in total. The van der Waals surface area contributed by atoms with E-state index in [1.807, 2.05) is 31.2 Å². The summed E-state index contributed by atoms with van der Waals surface area (Å²) in [5, 5.41) is 5.17. The van der Waals surface area contributed by atoms with E-state index in [1.165, 1.54) is 17.5 Å². The van der Waals surface area contributed by atoms with Gasteiger partial charge in [-0.15, -0.1) is 0 Å². The van der Waals surface area contributed by atoms with Gasteiger partial charge in [0.15, 0.2) is 11.5 Å². The first-order chi connectivity index (χ1) is 13.5. The molecule has 7 heteroatoms. The molecule has 0 saturated carbocycles. The average molecular weight is 372 g/mol. The fourth-order valence-corrected chi connectivity index (χ4v) is 3.00. The van der Waals surface area contributed by atoms with E-state index in [-0.39, 0.29) is 5.91 Å². The SMILES string of the molecule is Cc1ccc(-n2ncc3c(NNC(=O)c4ccccc4C)ncnc32)cc1C. The number of nitrogens with zero attached hydrogens (tertiary/aromatic N) is 4. The highest BCUT2D eigenvalue weighted by atomic mass is 16.2. The normalized spacial score (nSPS) is 10.8. The van der Waals surface area contributed by atoms with Gasteiger partial charge in [0, 0.05) is 5.56 Å². The molecule has 0 atom stereocenters. The Bertz CT molecular complexity index is 1180. The van der Waals surface area contributed by atoms with E-state index >= 15 is 0 Å². The third-order valence-electron chi connectivity index (χ3n) is 4.78. The Morgan fingerprint density at radius 1 is 0.964 bits per heavy atom. The highest BCUT2D eigenvalue weighted by Crippen LogP contribution is 2.22. The van der Waals surface area contributed by atoms with Gasteiger partial charge < -0.3 is 0 Å². The van der Waals surface area contributed by atoms with Crippen molar-refractivity contribution >= 4 is 22.8 Å². The minimum atomic E-state index is -0.230. The van der Waals surface area contributed by atoms with Gasteiger partial charge in [-0.1, -0.05) is 24.3 Å². The molecule has 4 aromatic rings. The Kier molecular flexibility index (Phi) is 4.49. The maximum absolute atomic E-state index is 12.4. The Morgan fingerprint density at radius 3 is 2.57 bits per heavy atom. The van der Waals surface area contributed by atoms with E-state index in [1.54, 1.807) is 16.9 Å². The van der Waals surface area contributed by atoms with Crippen LogP contribution in [0, 0.1) is 20.8 Å². The van der Waals surface area contributed by atoms with E-state index in [0.29, 0.717) is 22.4 Å². The van der Waals surface area contributed by atoms with Crippen molar-refractivity contribution in [1.29, 1.82) is 0 Å². The summed E-state index contributed by atoms with van der Waals surface area (Å²) in [4.78, 5) is 21.0. The van der Waals surface area contributed by atoms with Gasteiger partial charge in [0.25, 0.3) is 5.91 Å². The molecule has 0 aliphatic rings. The van der Waals surface area contributed by atoms with Crippen LogP contribution in [0.25, 0.3) is 16.7 Å². The average Bonchev–Trinajstić information content (AvgIpc) is 3.13. The monoisotopic (exact) mass is 372 g/mol. The van der Waals surface area contributed by atoms with Crippen molar-refractivity contribution in [2.24, 2.45) is 0 Å². The topological polar surface area (TPSA) is 84.7 Å². The Balaban J connectivity index is 1.62. The number of aromatic nitrogens is 4. The number of fused-ring (bicyclic) bond motifs is 1. The summed E-state index contributed by atoms with van der Waals surface area (Å²) in [7, 11) is 0. The van der Waals surface area contributed by atoms with Crippen LogP contribution in [0.5, 0.6) is 0 Å². The minimum absolute atomic E-state index is 0.230. The number of benzene rings is 2. The van der Waals surface area contributed by atoms with Crippen LogP contribution >= 0.6 is 0 Å². The second-order valence-electron chi connectivity index (χ2n) is 6.68. The number of rotatable bonds is 4. The van der Waals surface area contributed by atoms with E-state index < -0.39 is 0 Å². The lowest BCUT2D eigenvalue weighted by Gasteiger charge is -2.10. The minimum Gasteiger partial charge on any atom is -0.281 e. The van der Waals surface area contributed by atoms with Gasteiger partial charge in [-0.05, 0) is 55.7 Å². The fraction of sp³-hybridized carbons (Fsp3) is 0.143. The van der Waals surface area contributed by atoms with Crippen LogP contribution in [0.4, 0.5) is 5.82 Å². The predicted octanol–water partition coefficient (Wildman–Crippen LogP) is 3.50. The van der Waals surface area contributed by atoms with Crippen LogP contribution in [0.3, 0.4) is 0 Å². The number of carbonyl (C=O) groups excluding carboxylic acids is 1. The van der Waals surface area contributed by atoms with Crippen molar-refractivity contribution in [3.05, 3.63) is 77.2 Å². The highest BCUT2D eigenvalue weighted by molar-refractivity contribution is 5.97. The zero-order valence-corrected chi connectivity index (χ0v) is 15.9. The molecule has 2 aromatic carbocycles. The molecule has 0 radical (unpaired) electrons. The number of anilines is 1. The summed E-state index contributed by atoms with van der Waals surface area (Å²) in [6, 6.07) is 13.5. The number of hydrazine groups is 1. The first-order valence-corrected chi connectivity index (χ1v) is 8.93. The molecule has 0 spiro atoms. The summed E-state index contributed by atoms with van der Waals surface area (Å²) in [6.07, 6.45) is 3.14. The Morgan fingerprint density at radius 2 is 1.79 bits per heavy atom. The van der Waals surface area contributed by atoms with E-state index in [9.17, 15) is 4.79 Å². The van der Waals surface area contributed by atoms with Crippen molar-refractivity contribution in [2.45, 2.75) is 20.8 Å². The predicted molar refractivity (Wildman–Crippen MR) is 108 cm³/mol. The van der Waals surface area contributed by atoms with Crippen LogP contribution in [-0.2, 0) is 0 Å². The first kappa shape index (κ1) is 17.7. The van der Waals surface area contributed by atoms with Crippen molar-refractivity contribution in [3.63, 3.8) is 0 Å². The molecule has 0 saturated heterocycles. The Labute approximate surface area is 162 Å². The molecule has 2 N–H and O–H groups in total. The van der Waals surface area contributed by atoms with Crippen LogP contribution in [0.1, 0.15) is 27.0 Å². The second kappa shape index (κ2) is 7.11. The summed E-state index contributed by atoms with van der Waals surface area (Å²) < 4.78 is 1.76. The van der Waals surface area contributed by atoms with Gasteiger partial charge in [0.05, 0.1) is 17.3 Å². The lowest BCUT2D eigenvalue weighted by Crippen LogP contribution is -2.30. The van der Waals surface area contributed by atoms with Crippen LogP contribution in [-0.4, -0.2) is 25.7 Å². The molecule has 1 amide bonds. The third kappa shape index (κ3) is 3.18. The molecule has 0 aliphatic carbocycles. The lowest BCUT2D eigenvalue weighted by molar-refractivity contribution is 0.0962. The number of hydrogen-bond donors (Lipinski definition) is 2. The molecule has 28 heavy (non-hydrogen) atoms. The summed E-state index contributed by atoms with van der Waals surface area (Å²) in [5.41, 5.74) is 11.1. The molecule has 0 fully saturated rings. The van der Waals surface area contributed by atoms with E-state index in [2.05, 4.69) is 51.9 Å². The molecular formula is C21H20N6O. The Hall–Kier alpha value is -3.74. The summed E-state index contributed by atoms with van der Waals surface area (Å²) >= 11 is 0. The fourth-order valence-electron chi connectivity index (χ4n) is 3.00. The zero-order valence-electron chi connectivity index (χ0n) is 15.9. The largest absolute Gasteiger partial charge is 0.281 e. The van der Waals surface area contributed by atoms with Crippen molar-refractivity contribution < 1.29 is 4.79 Å². The number of carbonyl (C=O) groups is 1. The smallest absolute Gasteiger partial charge is 0.269 e. The van der Waals surface area contributed by atoms with Gasteiger partial charge in [0.1, 0.15) is 6.33 Å². The van der Waals surface area contributed by atoms with Crippen molar-refractivity contribution in [1.82, 2.24) is 25.2 Å². The zero-order chi connectivity index (χ0) is 19.7. The maximum atomic E-state index is 12.4. The number of hydrogen-bond acceptors (Lipinski definition) is 5. The second-order valence-corrected chi connectivity index (χ2v) is 6.68. The standard InChI is InChI=1S/C21H20N6O/c1-13-8-9-16(10-15(13)3)27-20-18(11-24-27)19(22-12-23-20)25-26-21(28)17-7-5-4-6-14(17)2/h4-12H,1-3H3,(H,26,28)(H,22,23,25). The summed E-state index contributed by atoms with van der Waals surface area (Å²) in [6.45, 7) is 6.03. The van der Waals surface area contributed by atoms with Crippen LogP contribution in [0.15, 0.2) is 55.0 Å². The lowest BCUT2D eigenvalue weighted by atomic mass is 10.1. The maximum Gasteiger partial charge on any atom is 0.269 e. The van der Waals surface area contributed by atoms with Gasteiger partial charge in [-0.3, -0.25) is 15.6 Å². The third-order valence-corrected chi connectivity index (χ3v) is 4.78. The molecule has 0 aliphatic heterocycles. The van der Waals surface area contributed by atoms with Gasteiger partial charge in [0.2, 0.25) is 0 Å². The molecule has 0 bridgehead atoms. The van der Waals surface area contributed by atoms with Gasteiger partial charge in [-0.2, -0.15) is 5.10 Å². The van der Waals surface area contributed by atoms with E-state index in [4.69, 9.17) is 0 Å². The molecule has 4 rings (SSSR count).